The second-order valence-corrected chi connectivity index (χ2v) is 6.58. The highest BCUT2D eigenvalue weighted by Gasteiger charge is 2.24. The van der Waals surface area contributed by atoms with E-state index >= 15 is 0 Å². The van der Waals surface area contributed by atoms with E-state index in [9.17, 15) is 15.0 Å². The molecule has 0 bridgehead atoms. The molecule has 26 heavy (non-hydrogen) atoms. The van der Waals surface area contributed by atoms with E-state index in [0.717, 1.165) is 17.2 Å². The summed E-state index contributed by atoms with van der Waals surface area (Å²) in [6.45, 7) is 3.92. The molecule has 1 aliphatic rings. The second kappa shape index (κ2) is 6.59. The highest BCUT2D eigenvalue weighted by Crippen LogP contribution is 2.40. The van der Waals surface area contributed by atoms with Gasteiger partial charge in [-0.1, -0.05) is 12.2 Å². The molecule has 134 valence electrons. The van der Waals surface area contributed by atoms with Crippen LogP contribution in [0.25, 0.3) is 12.2 Å². The Balaban J connectivity index is 1.91. The Morgan fingerprint density at radius 2 is 1.96 bits per heavy atom. The number of carbonyl (C=O) groups is 1. The van der Waals surface area contributed by atoms with Crippen molar-refractivity contribution in [3.05, 3.63) is 59.2 Å². The molecule has 0 atom stereocenters. The number of fused-ring (bicyclic) bond motifs is 1. The van der Waals surface area contributed by atoms with Gasteiger partial charge in [0.25, 0.3) is 0 Å². The smallest absolute Gasteiger partial charge is 0.189 e. The summed E-state index contributed by atoms with van der Waals surface area (Å²) < 4.78 is 11.4. The molecule has 2 N–H and O–H groups in total. The first-order valence-electron chi connectivity index (χ1n) is 8.14. The summed E-state index contributed by atoms with van der Waals surface area (Å²) in [7, 11) is 1.57. The van der Waals surface area contributed by atoms with E-state index in [2.05, 4.69) is 0 Å². The fourth-order valence-electron chi connectivity index (χ4n) is 2.70. The van der Waals surface area contributed by atoms with Gasteiger partial charge in [0, 0.05) is 11.6 Å². The van der Waals surface area contributed by atoms with Crippen molar-refractivity contribution < 1.29 is 24.5 Å². The number of phenolic OH excluding ortho intramolecular Hbond substituents is 2. The van der Waals surface area contributed by atoms with Crippen molar-refractivity contribution in [3.63, 3.8) is 0 Å². The summed E-state index contributed by atoms with van der Waals surface area (Å²) >= 11 is 0. The fraction of sp³-hybridized carbons (Fsp3) is 0.190. The van der Waals surface area contributed by atoms with Crippen LogP contribution in [0.1, 0.15) is 35.3 Å². The number of rotatable bonds is 4. The molecule has 3 rings (SSSR count). The van der Waals surface area contributed by atoms with E-state index in [1.807, 2.05) is 32.1 Å². The second-order valence-electron chi connectivity index (χ2n) is 6.58. The zero-order valence-corrected chi connectivity index (χ0v) is 14.8. The Kier molecular flexibility index (Phi) is 4.47. The summed E-state index contributed by atoms with van der Waals surface area (Å²) in [5, 5.41) is 19.1. The number of methoxy groups -OCH3 is 1. The quantitative estimate of drug-likeness (QED) is 0.637. The molecule has 2 aromatic rings. The van der Waals surface area contributed by atoms with Gasteiger partial charge in [-0.05, 0) is 55.8 Å². The SMILES string of the molecule is COc1cc(/C=C/C(=O)c2ccc(O)cc2O)cc2c1OC(C)(C)C=C2. The molecule has 0 aliphatic carbocycles. The summed E-state index contributed by atoms with van der Waals surface area (Å²) in [6.07, 6.45) is 6.93. The standard InChI is InChI=1S/C21H20O5/c1-21(2)9-8-14-10-13(11-19(25-3)20(14)26-21)4-7-17(23)16-6-5-15(22)12-18(16)24/h4-12,22,24H,1-3H3/b7-4+. The van der Waals surface area contributed by atoms with Gasteiger partial charge in [0.1, 0.15) is 17.1 Å². The van der Waals surface area contributed by atoms with Gasteiger partial charge in [0.15, 0.2) is 17.3 Å². The van der Waals surface area contributed by atoms with Crippen molar-refractivity contribution in [2.45, 2.75) is 19.4 Å². The Labute approximate surface area is 151 Å². The molecule has 0 unspecified atom stereocenters. The molecule has 1 heterocycles. The van der Waals surface area contributed by atoms with Gasteiger partial charge >= 0.3 is 0 Å². The van der Waals surface area contributed by atoms with Crippen LogP contribution in [-0.4, -0.2) is 28.7 Å². The van der Waals surface area contributed by atoms with Crippen LogP contribution in [0.2, 0.25) is 0 Å². The third kappa shape index (κ3) is 3.57. The number of ether oxygens (including phenoxy) is 2. The highest BCUT2D eigenvalue weighted by atomic mass is 16.5. The van der Waals surface area contributed by atoms with E-state index in [1.54, 1.807) is 19.3 Å². The maximum Gasteiger partial charge on any atom is 0.189 e. The zero-order valence-electron chi connectivity index (χ0n) is 14.8. The number of ketones is 1. The van der Waals surface area contributed by atoms with E-state index in [-0.39, 0.29) is 22.8 Å². The Bertz CT molecular complexity index is 922. The maximum absolute atomic E-state index is 12.3. The third-order valence-corrected chi connectivity index (χ3v) is 4.03. The average Bonchev–Trinajstić information content (AvgIpc) is 2.58. The van der Waals surface area contributed by atoms with Gasteiger partial charge < -0.3 is 19.7 Å². The third-order valence-electron chi connectivity index (χ3n) is 4.03. The number of carbonyl (C=O) groups excluding carboxylic acids is 1. The minimum absolute atomic E-state index is 0.0998. The lowest BCUT2D eigenvalue weighted by atomic mass is 9.99. The fourth-order valence-corrected chi connectivity index (χ4v) is 2.70. The number of phenols is 2. The Hall–Kier alpha value is -3.21. The average molecular weight is 352 g/mol. The van der Waals surface area contributed by atoms with Crippen molar-refractivity contribution in [2.75, 3.05) is 7.11 Å². The molecule has 0 aromatic heterocycles. The maximum atomic E-state index is 12.3. The summed E-state index contributed by atoms with van der Waals surface area (Å²) in [5.41, 5.74) is 1.33. The predicted octanol–water partition coefficient (Wildman–Crippen LogP) is 4.19. The van der Waals surface area contributed by atoms with Crippen molar-refractivity contribution in [2.24, 2.45) is 0 Å². The van der Waals surface area contributed by atoms with Crippen LogP contribution >= 0.6 is 0 Å². The zero-order chi connectivity index (χ0) is 18.9. The van der Waals surface area contributed by atoms with Crippen LogP contribution in [0.15, 0.2) is 42.5 Å². The van der Waals surface area contributed by atoms with Crippen LogP contribution < -0.4 is 9.47 Å². The van der Waals surface area contributed by atoms with Crippen LogP contribution in [0.4, 0.5) is 0 Å². The first kappa shape index (κ1) is 17.6. The van der Waals surface area contributed by atoms with Crippen LogP contribution in [-0.2, 0) is 0 Å². The first-order valence-corrected chi connectivity index (χ1v) is 8.14. The van der Waals surface area contributed by atoms with Gasteiger partial charge in [0.2, 0.25) is 0 Å². The topological polar surface area (TPSA) is 76.0 Å². The molecule has 0 amide bonds. The molecule has 0 fully saturated rings. The molecule has 5 heteroatoms. The molecule has 5 nitrogen and oxygen atoms in total. The lowest BCUT2D eigenvalue weighted by Gasteiger charge is -2.29. The van der Waals surface area contributed by atoms with Crippen molar-refractivity contribution >= 4 is 17.9 Å². The van der Waals surface area contributed by atoms with E-state index < -0.39 is 5.60 Å². The lowest BCUT2D eigenvalue weighted by Crippen LogP contribution is -2.27. The van der Waals surface area contributed by atoms with E-state index in [0.29, 0.717) is 11.5 Å². The van der Waals surface area contributed by atoms with Gasteiger partial charge in [0.05, 0.1) is 12.7 Å². The normalized spacial score (nSPS) is 14.7. The number of benzene rings is 2. The van der Waals surface area contributed by atoms with Crippen molar-refractivity contribution in [1.82, 2.24) is 0 Å². The molecule has 0 spiro atoms. The first-order chi connectivity index (χ1) is 12.3. The lowest BCUT2D eigenvalue weighted by molar-refractivity contribution is 0.104. The minimum Gasteiger partial charge on any atom is -0.508 e. The van der Waals surface area contributed by atoms with Crippen LogP contribution in [0, 0.1) is 0 Å². The molecule has 0 saturated heterocycles. The van der Waals surface area contributed by atoms with Crippen LogP contribution in [0.5, 0.6) is 23.0 Å². The van der Waals surface area contributed by atoms with Crippen molar-refractivity contribution in [3.8, 4) is 23.0 Å². The van der Waals surface area contributed by atoms with Gasteiger partial charge in [-0.25, -0.2) is 0 Å². The largest absolute Gasteiger partial charge is 0.508 e. The van der Waals surface area contributed by atoms with Crippen LogP contribution in [0.3, 0.4) is 0 Å². The monoisotopic (exact) mass is 352 g/mol. The molecule has 2 aromatic carbocycles. The van der Waals surface area contributed by atoms with Gasteiger partial charge in [-0.2, -0.15) is 0 Å². The summed E-state index contributed by atoms with van der Waals surface area (Å²) in [4.78, 5) is 12.3. The minimum atomic E-state index is -0.413. The predicted molar refractivity (Wildman–Crippen MR) is 99.9 cm³/mol. The molecule has 0 radical (unpaired) electrons. The Morgan fingerprint density at radius 1 is 1.19 bits per heavy atom. The molecular formula is C21H20O5. The number of hydrogen-bond donors (Lipinski definition) is 2. The Morgan fingerprint density at radius 3 is 2.65 bits per heavy atom. The summed E-state index contributed by atoms with van der Waals surface area (Å²) in [6, 6.07) is 7.54. The van der Waals surface area contributed by atoms with Crippen molar-refractivity contribution in [1.29, 1.82) is 0 Å². The molecule has 1 aliphatic heterocycles. The summed E-state index contributed by atoms with van der Waals surface area (Å²) in [5.74, 6) is 0.518. The van der Waals surface area contributed by atoms with Gasteiger partial charge in [-0.3, -0.25) is 4.79 Å². The number of hydrogen-bond acceptors (Lipinski definition) is 5. The van der Waals surface area contributed by atoms with E-state index in [1.165, 1.54) is 18.2 Å². The number of allylic oxidation sites excluding steroid dienone is 1. The number of aromatic hydroxyl groups is 2. The molecular weight excluding hydrogens is 332 g/mol. The molecule has 0 saturated carbocycles. The highest BCUT2D eigenvalue weighted by molar-refractivity contribution is 6.08. The van der Waals surface area contributed by atoms with E-state index in [4.69, 9.17) is 9.47 Å². The van der Waals surface area contributed by atoms with Gasteiger partial charge in [-0.15, -0.1) is 0 Å².